The van der Waals surface area contributed by atoms with Gasteiger partial charge < -0.3 is 4.74 Å². The molecule has 0 unspecified atom stereocenters. The van der Waals surface area contributed by atoms with Crippen molar-refractivity contribution in [2.24, 2.45) is 5.92 Å². The van der Waals surface area contributed by atoms with Gasteiger partial charge in [-0.15, -0.1) is 0 Å². The van der Waals surface area contributed by atoms with Gasteiger partial charge in [-0.25, -0.2) is 0 Å². The highest BCUT2D eigenvalue weighted by Gasteiger charge is 2.21. The Bertz CT molecular complexity index is 314. The molecule has 94 valence electrons. The van der Waals surface area contributed by atoms with Crippen LogP contribution in [-0.2, 0) is 19.6 Å². The monoisotopic (exact) mass is 250 g/mol. The summed E-state index contributed by atoms with van der Waals surface area (Å²) in [6.45, 7) is -0.256. The van der Waals surface area contributed by atoms with Crippen molar-refractivity contribution < 1.29 is 22.5 Å². The number of ether oxygens (including phenoxy) is 1. The van der Waals surface area contributed by atoms with Crippen LogP contribution in [0.25, 0.3) is 0 Å². The molecule has 0 saturated heterocycles. The van der Waals surface area contributed by atoms with Gasteiger partial charge in [0.1, 0.15) is 12.4 Å². The molecule has 0 aromatic heterocycles. The van der Waals surface area contributed by atoms with Crippen LogP contribution in [0.15, 0.2) is 0 Å². The minimum Gasteiger partial charge on any atom is -0.464 e. The van der Waals surface area contributed by atoms with Gasteiger partial charge in [0, 0.05) is 0 Å². The van der Waals surface area contributed by atoms with Crippen LogP contribution in [0.5, 0.6) is 0 Å². The summed E-state index contributed by atoms with van der Waals surface area (Å²) in [5.41, 5.74) is 0. The van der Waals surface area contributed by atoms with Gasteiger partial charge >= 0.3 is 5.97 Å². The van der Waals surface area contributed by atoms with E-state index in [1.165, 1.54) is 0 Å². The topological polar surface area (TPSA) is 80.7 Å². The first kappa shape index (κ1) is 13.4. The molecule has 1 N–H and O–H groups in total. The number of carbonyl (C=O) groups excluding carboxylic acids is 1. The average Bonchev–Trinajstić information content (AvgIpc) is 2.43. The van der Waals surface area contributed by atoms with Gasteiger partial charge in [0.15, 0.2) is 0 Å². The average molecular weight is 250 g/mol. The maximum absolute atomic E-state index is 11.5. The molecule has 6 heteroatoms. The fraction of sp³-hybridized carbons (Fsp3) is 0.900. The SMILES string of the molecule is O=C(OCCS(=O)(=O)O)C1CCCCCC1. The second-order valence-corrected chi connectivity index (χ2v) is 5.71. The van der Waals surface area contributed by atoms with E-state index in [1.807, 2.05) is 0 Å². The van der Waals surface area contributed by atoms with E-state index in [9.17, 15) is 13.2 Å². The quantitative estimate of drug-likeness (QED) is 0.463. The summed E-state index contributed by atoms with van der Waals surface area (Å²) in [6.07, 6.45) is 6.00. The summed E-state index contributed by atoms with van der Waals surface area (Å²) in [4.78, 5) is 11.5. The van der Waals surface area contributed by atoms with Crippen molar-refractivity contribution in [3.8, 4) is 0 Å². The van der Waals surface area contributed by atoms with Crippen LogP contribution in [0.3, 0.4) is 0 Å². The molecule has 1 saturated carbocycles. The predicted octanol–water partition coefficient (Wildman–Crippen LogP) is 1.39. The highest BCUT2D eigenvalue weighted by Crippen LogP contribution is 2.23. The summed E-state index contributed by atoms with van der Waals surface area (Å²) < 4.78 is 34.1. The van der Waals surface area contributed by atoms with Crippen molar-refractivity contribution in [3.05, 3.63) is 0 Å². The molecule has 0 radical (unpaired) electrons. The van der Waals surface area contributed by atoms with Gasteiger partial charge in [-0.2, -0.15) is 8.42 Å². The molecule has 0 bridgehead atoms. The summed E-state index contributed by atoms with van der Waals surface area (Å²) in [7, 11) is -4.03. The van der Waals surface area contributed by atoms with Crippen molar-refractivity contribution in [1.82, 2.24) is 0 Å². The number of hydrogen-bond donors (Lipinski definition) is 1. The molecule has 5 nitrogen and oxygen atoms in total. The van der Waals surface area contributed by atoms with Gasteiger partial charge in [-0.05, 0) is 12.8 Å². The lowest BCUT2D eigenvalue weighted by molar-refractivity contribution is -0.148. The van der Waals surface area contributed by atoms with Gasteiger partial charge in [0.05, 0.1) is 5.92 Å². The van der Waals surface area contributed by atoms with Gasteiger partial charge in [-0.3, -0.25) is 9.35 Å². The van der Waals surface area contributed by atoms with E-state index in [0.29, 0.717) is 0 Å². The van der Waals surface area contributed by atoms with Crippen LogP contribution in [0.4, 0.5) is 0 Å². The van der Waals surface area contributed by atoms with Crippen molar-refractivity contribution in [2.75, 3.05) is 12.4 Å². The second-order valence-electron chi connectivity index (χ2n) is 4.14. The van der Waals surface area contributed by atoms with Crippen molar-refractivity contribution >= 4 is 16.1 Å². The fourth-order valence-electron chi connectivity index (χ4n) is 1.88. The molecule has 1 fully saturated rings. The molecule has 1 aliphatic rings. The second kappa shape index (κ2) is 6.20. The molecule has 0 amide bonds. The van der Waals surface area contributed by atoms with Crippen LogP contribution in [0, 0.1) is 5.92 Å². The Morgan fingerprint density at radius 3 is 2.25 bits per heavy atom. The Morgan fingerprint density at radius 1 is 1.19 bits per heavy atom. The Balaban J connectivity index is 2.28. The Hall–Kier alpha value is -0.620. The number of rotatable bonds is 4. The van der Waals surface area contributed by atoms with E-state index in [0.717, 1.165) is 38.5 Å². The van der Waals surface area contributed by atoms with Crippen molar-refractivity contribution in [3.63, 3.8) is 0 Å². The molecule has 0 aromatic rings. The van der Waals surface area contributed by atoms with E-state index >= 15 is 0 Å². The summed E-state index contributed by atoms with van der Waals surface area (Å²) in [5, 5.41) is 0. The van der Waals surface area contributed by atoms with E-state index in [1.54, 1.807) is 0 Å². The first-order valence-corrected chi connectivity index (χ1v) is 7.22. The normalized spacial score (nSPS) is 19.1. The largest absolute Gasteiger partial charge is 0.464 e. The zero-order chi connectivity index (χ0) is 12.0. The highest BCUT2D eigenvalue weighted by molar-refractivity contribution is 7.85. The first-order valence-electron chi connectivity index (χ1n) is 5.61. The van der Waals surface area contributed by atoms with Gasteiger partial charge in [0.2, 0.25) is 0 Å². The number of hydrogen-bond acceptors (Lipinski definition) is 4. The Labute approximate surface area is 95.9 Å². The van der Waals surface area contributed by atoms with Crippen LogP contribution in [-0.4, -0.2) is 31.3 Å². The molecule has 0 heterocycles. The maximum Gasteiger partial charge on any atom is 0.308 e. The van der Waals surface area contributed by atoms with Crippen LogP contribution in [0.2, 0.25) is 0 Å². The highest BCUT2D eigenvalue weighted by atomic mass is 32.2. The van der Waals surface area contributed by atoms with Crippen LogP contribution < -0.4 is 0 Å². The minimum absolute atomic E-state index is 0.0936. The van der Waals surface area contributed by atoms with Gasteiger partial charge in [0.25, 0.3) is 10.1 Å². The lowest BCUT2D eigenvalue weighted by atomic mass is 10.0. The molecular weight excluding hydrogens is 232 g/mol. The van der Waals surface area contributed by atoms with Crippen LogP contribution >= 0.6 is 0 Å². The smallest absolute Gasteiger partial charge is 0.308 e. The van der Waals surface area contributed by atoms with Crippen molar-refractivity contribution in [2.45, 2.75) is 38.5 Å². The molecule has 0 spiro atoms. The molecule has 1 aliphatic carbocycles. The predicted molar refractivity (Wildman–Crippen MR) is 58.6 cm³/mol. The third-order valence-corrected chi connectivity index (χ3v) is 3.46. The van der Waals surface area contributed by atoms with E-state index in [-0.39, 0.29) is 18.5 Å². The first-order chi connectivity index (χ1) is 7.49. The van der Waals surface area contributed by atoms with Gasteiger partial charge in [-0.1, -0.05) is 25.7 Å². The lowest BCUT2D eigenvalue weighted by Gasteiger charge is -2.12. The Kier molecular flexibility index (Phi) is 5.21. The summed E-state index contributed by atoms with van der Waals surface area (Å²) in [6, 6.07) is 0. The zero-order valence-corrected chi connectivity index (χ0v) is 10.0. The lowest BCUT2D eigenvalue weighted by Crippen LogP contribution is -2.21. The Morgan fingerprint density at radius 2 is 1.75 bits per heavy atom. The molecule has 0 aromatic carbocycles. The zero-order valence-electron chi connectivity index (χ0n) is 9.22. The third kappa shape index (κ3) is 5.46. The minimum atomic E-state index is -4.03. The van der Waals surface area contributed by atoms with Crippen molar-refractivity contribution in [1.29, 1.82) is 0 Å². The third-order valence-electron chi connectivity index (χ3n) is 2.77. The fourth-order valence-corrected chi connectivity index (χ4v) is 2.17. The molecular formula is C10H18O5S. The van der Waals surface area contributed by atoms with E-state index < -0.39 is 15.9 Å². The maximum atomic E-state index is 11.5. The number of esters is 1. The molecule has 16 heavy (non-hydrogen) atoms. The number of carbonyl (C=O) groups is 1. The van der Waals surface area contributed by atoms with E-state index in [2.05, 4.69) is 0 Å². The van der Waals surface area contributed by atoms with E-state index in [4.69, 9.17) is 9.29 Å². The standard InChI is InChI=1S/C10H18O5S/c11-10(15-7-8-16(12,13)14)9-5-3-1-2-4-6-9/h9H,1-8H2,(H,12,13,14). The summed E-state index contributed by atoms with van der Waals surface area (Å²) in [5.74, 6) is -0.944. The van der Waals surface area contributed by atoms with Crippen LogP contribution in [0.1, 0.15) is 38.5 Å². The molecule has 0 atom stereocenters. The summed E-state index contributed by atoms with van der Waals surface area (Å²) >= 11 is 0. The molecule has 1 rings (SSSR count). The molecule has 0 aliphatic heterocycles.